The van der Waals surface area contributed by atoms with Crippen LogP contribution in [0.4, 0.5) is 4.39 Å². The molecule has 106 valence electrons. The van der Waals surface area contributed by atoms with Gasteiger partial charge in [-0.2, -0.15) is 0 Å². The third-order valence-electron chi connectivity index (χ3n) is 2.58. The van der Waals surface area contributed by atoms with E-state index in [2.05, 4.69) is 4.72 Å². The number of nitrogens with one attached hydrogen (secondary N) is 1. The summed E-state index contributed by atoms with van der Waals surface area (Å²) in [5.41, 5.74) is 1.52. The van der Waals surface area contributed by atoms with Crippen molar-refractivity contribution in [2.24, 2.45) is 0 Å². The van der Waals surface area contributed by atoms with E-state index in [1.807, 2.05) is 0 Å². The van der Waals surface area contributed by atoms with Crippen molar-refractivity contribution in [2.45, 2.75) is 26.8 Å². The van der Waals surface area contributed by atoms with E-state index in [4.69, 9.17) is 5.11 Å². The standard InChI is InChI=1S/C12H16FNO4S/c1-8-5-10(6-9(2)12(8)13)7-14-19(17,18)4-3-11(15)16/h5-6,14H,3-4,7H2,1-2H3,(H,15,16). The van der Waals surface area contributed by atoms with Gasteiger partial charge >= 0.3 is 5.97 Å². The summed E-state index contributed by atoms with van der Waals surface area (Å²) in [5.74, 6) is -1.95. The van der Waals surface area contributed by atoms with E-state index in [-0.39, 0.29) is 12.4 Å². The molecular weight excluding hydrogens is 273 g/mol. The largest absolute Gasteiger partial charge is 0.481 e. The molecule has 1 rings (SSSR count). The maximum atomic E-state index is 13.4. The van der Waals surface area contributed by atoms with Crippen molar-refractivity contribution < 1.29 is 22.7 Å². The second-order valence-corrected chi connectivity index (χ2v) is 6.25. The van der Waals surface area contributed by atoms with E-state index in [0.29, 0.717) is 16.7 Å². The van der Waals surface area contributed by atoms with Gasteiger partial charge in [0.25, 0.3) is 0 Å². The Bertz CT molecular complexity index is 560. The highest BCUT2D eigenvalue weighted by molar-refractivity contribution is 7.89. The fraction of sp³-hybridized carbons (Fsp3) is 0.417. The van der Waals surface area contributed by atoms with Crippen LogP contribution in [0.15, 0.2) is 12.1 Å². The zero-order chi connectivity index (χ0) is 14.6. The van der Waals surface area contributed by atoms with Crippen molar-refractivity contribution >= 4 is 16.0 Å². The molecule has 0 atom stereocenters. The number of halogens is 1. The SMILES string of the molecule is Cc1cc(CNS(=O)(=O)CCC(=O)O)cc(C)c1F. The first-order valence-electron chi connectivity index (χ1n) is 5.66. The molecule has 0 saturated heterocycles. The van der Waals surface area contributed by atoms with Crippen LogP contribution in [-0.2, 0) is 21.4 Å². The molecule has 0 aliphatic rings. The molecular formula is C12H16FNO4S. The van der Waals surface area contributed by atoms with Gasteiger partial charge in [-0.25, -0.2) is 17.5 Å². The molecule has 0 amide bonds. The van der Waals surface area contributed by atoms with E-state index in [1.54, 1.807) is 26.0 Å². The number of aliphatic carboxylic acids is 1. The van der Waals surface area contributed by atoms with Crippen molar-refractivity contribution in [1.29, 1.82) is 0 Å². The number of benzene rings is 1. The van der Waals surface area contributed by atoms with Gasteiger partial charge < -0.3 is 5.11 Å². The van der Waals surface area contributed by atoms with E-state index in [9.17, 15) is 17.6 Å². The Morgan fingerprint density at radius 1 is 1.32 bits per heavy atom. The Morgan fingerprint density at radius 3 is 2.32 bits per heavy atom. The first-order chi connectivity index (χ1) is 8.71. The lowest BCUT2D eigenvalue weighted by Gasteiger charge is -2.08. The van der Waals surface area contributed by atoms with Crippen molar-refractivity contribution in [3.63, 3.8) is 0 Å². The third-order valence-corrected chi connectivity index (χ3v) is 3.90. The molecule has 5 nitrogen and oxygen atoms in total. The Hall–Kier alpha value is -1.47. The van der Waals surface area contributed by atoms with Gasteiger partial charge in [0.15, 0.2) is 0 Å². The van der Waals surface area contributed by atoms with Crippen molar-refractivity contribution in [2.75, 3.05) is 5.75 Å². The summed E-state index contributed by atoms with van der Waals surface area (Å²) in [6, 6.07) is 3.12. The highest BCUT2D eigenvalue weighted by atomic mass is 32.2. The topological polar surface area (TPSA) is 83.5 Å². The van der Waals surface area contributed by atoms with E-state index < -0.39 is 28.2 Å². The fourth-order valence-corrected chi connectivity index (χ4v) is 2.60. The lowest BCUT2D eigenvalue weighted by molar-refractivity contribution is -0.136. The predicted molar refractivity (Wildman–Crippen MR) is 68.8 cm³/mol. The molecule has 7 heteroatoms. The molecule has 1 aromatic rings. The van der Waals surface area contributed by atoms with Crippen LogP contribution in [0.25, 0.3) is 0 Å². The minimum Gasteiger partial charge on any atom is -0.481 e. The van der Waals surface area contributed by atoms with Crippen LogP contribution >= 0.6 is 0 Å². The summed E-state index contributed by atoms with van der Waals surface area (Å²) in [6.07, 6.45) is -0.448. The molecule has 0 spiro atoms. The number of carboxylic acid groups (broad SMARTS) is 1. The monoisotopic (exact) mass is 289 g/mol. The first-order valence-corrected chi connectivity index (χ1v) is 7.31. The summed E-state index contributed by atoms with van der Waals surface area (Å²) in [4.78, 5) is 10.3. The number of carbonyl (C=O) groups is 1. The minimum atomic E-state index is -3.64. The number of aryl methyl sites for hydroxylation is 2. The maximum absolute atomic E-state index is 13.4. The summed E-state index contributed by atoms with van der Waals surface area (Å²) in [7, 11) is -3.64. The molecule has 2 N–H and O–H groups in total. The van der Waals surface area contributed by atoms with Crippen LogP contribution in [-0.4, -0.2) is 25.2 Å². The van der Waals surface area contributed by atoms with Crippen LogP contribution in [0.5, 0.6) is 0 Å². The van der Waals surface area contributed by atoms with E-state index in [0.717, 1.165) is 0 Å². The van der Waals surface area contributed by atoms with Gasteiger partial charge in [-0.3, -0.25) is 4.79 Å². The van der Waals surface area contributed by atoms with Gasteiger partial charge in [-0.05, 0) is 30.5 Å². The van der Waals surface area contributed by atoms with Gasteiger partial charge in [0, 0.05) is 6.54 Å². The normalized spacial score (nSPS) is 11.5. The Labute approximate surface area is 111 Å². The van der Waals surface area contributed by atoms with Gasteiger partial charge in [0.1, 0.15) is 5.82 Å². The zero-order valence-electron chi connectivity index (χ0n) is 10.7. The molecule has 0 radical (unpaired) electrons. The highest BCUT2D eigenvalue weighted by Crippen LogP contribution is 2.14. The van der Waals surface area contributed by atoms with Gasteiger partial charge in [-0.15, -0.1) is 0 Å². The minimum absolute atomic E-state index is 0.0178. The Balaban J connectivity index is 2.69. The lowest BCUT2D eigenvalue weighted by Crippen LogP contribution is -2.27. The predicted octanol–water partition coefficient (Wildman–Crippen LogP) is 1.34. The summed E-state index contributed by atoms with van der Waals surface area (Å²) in [5, 5.41) is 8.43. The van der Waals surface area contributed by atoms with Crippen molar-refractivity contribution in [3.05, 3.63) is 34.6 Å². The molecule has 0 unspecified atom stereocenters. The van der Waals surface area contributed by atoms with Crippen LogP contribution in [0.1, 0.15) is 23.1 Å². The first kappa shape index (κ1) is 15.6. The maximum Gasteiger partial charge on any atom is 0.304 e. The summed E-state index contributed by atoms with van der Waals surface area (Å²) in [6.45, 7) is 3.22. The smallest absolute Gasteiger partial charge is 0.304 e. The average molecular weight is 289 g/mol. The molecule has 0 fully saturated rings. The lowest BCUT2D eigenvalue weighted by atomic mass is 10.1. The fourth-order valence-electron chi connectivity index (χ4n) is 1.62. The second kappa shape index (κ2) is 6.12. The Kier molecular flexibility index (Phi) is 5.02. The molecule has 0 saturated carbocycles. The highest BCUT2D eigenvalue weighted by Gasteiger charge is 2.13. The van der Waals surface area contributed by atoms with Crippen LogP contribution < -0.4 is 4.72 Å². The third kappa shape index (κ3) is 4.96. The average Bonchev–Trinajstić information content (AvgIpc) is 2.31. The van der Waals surface area contributed by atoms with Crippen LogP contribution in [0.2, 0.25) is 0 Å². The van der Waals surface area contributed by atoms with E-state index in [1.165, 1.54) is 0 Å². The summed E-state index contributed by atoms with van der Waals surface area (Å²) >= 11 is 0. The molecule has 1 aromatic carbocycles. The summed E-state index contributed by atoms with van der Waals surface area (Å²) < 4.78 is 38.7. The van der Waals surface area contributed by atoms with E-state index >= 15 is 0 Å². The molecule has 19 heavy (non-hydrogen) atoms. The van der Waals surface area contributed by atoms with Gasteiger partial charge in [0.05, 0.1) is 12.2 Å². The van der Waals surface area contributed by atoms with Crippen molar-refractivity contribution in [1.82, 2.24) is 4.72 Å². The molecule has 0 heterocycles. The zero-order valence-corrected chi connectivity index (χ0v) is 11.6. The van der Waals surface area contributed by atoms with Gasteiger partial charge in [0.2, 0.25) is 10.0 Å². The molecule has 0 aliphatic carbocycles. The number of carboxylic acids is 1. The number of rotatable bonds is 6. The Morgan fingerprint density at radius 2 is 1.84 bits per heavy atom. The van der Waals surface area contributed by atoms with Gasteiger partial charge in [-0.1, -0.05) is 12.1 Å². The molecule has 0 bridgehead atoms. The van der Waals surface area contributed by atoms with Crippen molar-refractivity contribution in [3.8, 4) is 0 Å². The number of hydrogen-bond acceptors (Lipinski definition) is 3. The van der Waals surface area contributed by atoms with Crippen LogP contribution in [0.3, 0.4) is 0 Å². The molecule has 0 aliphatic heterocycles. The van der Waals surface area contributed by atoms with Crippen LogP contribution in [0, 0.1) is 19.7 Å². The molecule has 0 aromatic heterocycles. The number of sulfonamides is 1. The number of hydrogen-bond donors (Lipinski definition) is 2. The quantitative estimate of drug-likeness (QED) is 0.827. The second-order valence-electron chi connectivity index (χ2n) is 4.33.